The summed E-state index contributed by atoms with van der Waals surface area (Å²) in [6.07, 6.45) is 5.55. The number of aliphatic carboxylic acids is 1. The quantitative estimate of drug-likeness (QED) is 0.812. The van der Waals surface area contributed by atoms with Crippen molar-refractivity contribution in [2.24, 2.45) is 0 Å². The van der Waals surface area contributed by atoms with E-state index < -0.39 is 5.97 Å². The fourth-order valence-electron chi connectivity index (χ4n) is 2.06. The smallest absolute Gasteiger partial charge is 0.333 e. The van der Waals surface area contributed by atoms with Gasteiger partial charge in [-0.2, -0.15) is 0 Å². The Hall–Kier alpha value is -1.33. The van der Waals surface area contributed by atoms with Gasteiger partial charge in [-0.3, -0.25) is 0 Å². The molecule has 1 aromatic rings. The molecule has 0 aromatic heterocycles. The predicted molar refractivity (Wildman–Crippen MR) is 98.6 cm³/mol. The molecule has 0 radical (unpaired) electrons. The summed E-state index contributed by atoms with van der Waals surface area (Å²) < 4.78 is 0.978. The van der Waals surface area contributed by atoms with E-state index in [0.29, 0.717) is 12.0 Å². The molecule has 5 heteroatoms. The molecule has 3 nitrogen and oxygen atoms in total. The highest BCUT2D eigenvalue weighted by Gasteiger charge is 2.16. The van der Waals surface area contributed by atoms with Crippen LogP contribution in [-0.2, 0) is 4.79 Å². The highest BCUT2D eigenvalue weighted by Crippen LogP contribution is 2.38. The minimum atomic E-state index is -0.801. The van der Waals surface area contributed by atoms with E-state index in [4.69, 9.17) is 0 Å². The molecule has 1 N–H and O–H groups in total. The van der Waals surface area contributed by atoms with Crippen LogP contribution in [0.1, 0.15) is 18.4 Å². The number of carboxylic acid groups (broad SMARTS) is 1. The van der Waals surface area contributed by atoms with Crippen molar-refractivity contribution in [3.63, 3.8) is 0 Å². The first-order valence-electron chi connectivity index (χ1n) is 7.24. The topological polar surface area (TPSA) is 40.5 Å². The van der Waals surface area contributed by atoms with Crippen molar-refractivity contribution in [2.45, 2.75) is 12.8 Å². The van der Waals surface area contributed by atoms with Crippen LogP contribution >= 0.6 is 23.5 Å². The van der Waals surface area contributed by atoms with Gasteiger partial charge in [0.1, 0.15) is 0 Å². The van der Waals surface area contributed by atoms with Gasteiger partial charge in [0, 0.05) is 19.8 Å². The Labute approximate surface area is 140 Å². The molecule has 1 saturated heterocycles. The fraction of sp³-hybridized carbons (Fsp3) is 0.353. The van der Waals surface area contributed by atoms with Crippen LogP contribution in [0.2, 0.25) is 0 Å². The molecule has 1 aliphatic heterocycles. The summed E-state index contributed by atoms with van der Waals surface area (Å²) in [5, 5.41) is 9.40. The summed E-state index contributed by atoms with van der Waals surface area (Å²) in [6, 6.07) is 8.21. The maximum absolute atomic E-state index is 11.4. The minimum absolute atomic E-state index is 0.472. The number of carboxylic acids is 1. The fourth-order valence-corrected chi connectivity index (χ4v) is 4.71. The molecule has 0 unspecified atom stereocenters. The van der Waals surface area contributed by atoms with Gasteiger partial charge in [-0.15, -0.1) is 23.5 Å². The molecule has 1 fully saturated rings. The largest absolute Gasteiger partial charge is 0.478 e. The number of allylic oxidation sites excluding steroid dienone is 1. The Morgan fingerprint density at radius 3 is 2.41 bits per heavy atom. The molecule has 0 spiro atoms. The van der Waals surface area contributed by atoms with Crippen molar-refractivity contribution in [2.75, 3.05) is 30.5 Å². The van der Waals surface area contributed by atoms with Crippen LogP contribution < -0.4 is 4.90 Å². The molecular weight excluding hydrogens is 314 g/mol. The summed E-state index contributed by atoms with van der Waals surface area (Å²) in [4.78, 5) is 13.5. The molecule has 2 rings (SSSR count). The van der Waals surface area contributed by atoms with E-state index in [1.165, 1.54) is 0 Å². The van der Waals surface area contributed by atoms with Gasteiger partial charge >= 0.3 is 5.97 Å². The maximum Gasteiger partial charge on any atom is 0.333 e. The van der Waals surface area contributed by atoms with Crippen molar-refractivity contribution in [1.82, 2.24) is 0 Å². The predicted octanol–water partition coefficient (Wildman–Crippen LogP) is 4.32. The van der Waals surface area contributed by atoms with E-state index in [2.05, 4.69) is 17.0 Å². The second-order valence-electron chi connectivity index (χ2n) is 5.21. The van der Waals surface area contributed by atoms with Crippen molar-refractivity contribution in [3.05, 3.63) is 45.7 Å². The van der Waals surface area contributed by atoms with Crippen LogP contribution in [0.15, 0.2) is 40.2 Å². The lowest BCUT2D eigenvalue weighted by Crippen LogP contribution is -2.07. The molecule has 22 heavy (non-hydrogen) atoms. The lowest BCUT2D eigenvalue weighted by molar-refractivity contribution is -0.132. The molecule has 0 aliphatic carbocycles. The molecule has 0 bridgehead atoms. The molecule has 0 amide bonds. The Kier molecular flexibility index (Phi) is 6.46. The van der Waals surface area contributed by atoms with E-state index in [0.717, 1.165) is 33.4 Å². The summed E-state index contributed by atoms with van der Waals surface area (Å²) >= 11 is 3.35. The Morgan fingerprint density at radius 2 is 1.86 bits per heavy atom. The van der Waals surface area contributed by atoms with E-state index in [-0.39, 0.29) is 0 Å². The Morgan fingerprint density at radius 1 is 1.23 bits per heavy atom. The van der Waals surface area contributed by atoms with Crippen molar-refractivity contribution in [1.29, 1.82) is 0 Å². The highest BCUT2D eigenvalue weighted by atomic mass is 32.2. The number of anilines is 1. The van der Waals surface area contributed by atoms with Crippen LogP contribution in [-0.4, -0.2) is 36.7 Å². The molecule has 0 saturated carbocycles. The Bertz CT molecular complexity index is 569. The number of hydrogen-bond acceptors (Lipinski definition) is 4. The van der Waals surface area contributed by atoms with Gasteiger partial charge < -0.3 is 10.0 Å². The Balaban J connectivity index is 2.04. The van der Waals surface area contributed by atoms with Crippen molar-refractivity contribution < 1.29 is 9.90 Å². The third-order valence-corrected chi connectivity index (χ3v) is 6.01. The third kappa shape index (κ3) is 4.85. The minimum Gasteiger partial charge on any atom is -0.478 e. The molecule has 118 valence electrons. The van der Waals surface area contributed by atoms with E-state index in [1.807, 2.05) is 38.4 Å². The summed E-state index contributed by atoms with van der Waals surface area (Å²) in [5.41, 5.74) is 2.76. The van der Waals surface area contributed by atoms with E-state index in [9.17, 15) is 9.90 Å². The normalized spacial score (nSPS) is 15.1. The van der Waals surface area contributed by atoms with Gasteiger partial charge in [-0.1, -0.05) is 24.3 Å². The number of rotatable bonds is 5. The van der Waals surface area contributed by atoms with Crippen LogP contribution in [0.25, 0.3) is 6.08 Å². The molecule has 1 aromatic carbocycles. The molecule has 1 aliphatic rings. The second kappa shape index (κ2) is 8.34. The first-order chi connectivity index (χ1) is 10.6. The van der Waals surface area contributed by atoms with Gasteiger partial charge in [0.25, 0.3) is 0 Å². The van der Waals surface area contributed by atoms with Gasteiger partial charge in [-0.25, -0.2) is 4.79 Å². The van der Waals surface area contributed by atoms with Crippen LogP contribution in [0.5, 0.6) is 0 Å². The maximum atomic E-state index is 11.4. The van der Waals surface area contributed by atoms with E-state index in [1.54, 1.807) is 23.5 Å². The zero-order valence-corrected chi connectivity index (χ0v) is 14.5. The van der Waals surface area contributed by atoms with E-state index >= 15 is 0 Å². The summed E-state index contributed by atoms with van der Waals surface area (Å²) in [7, 11) is 4.02. The number of benzene rings is 1. The van der Waals surface area contributed by atoms with Crippen LogP contribution in [0.3, 0.4) is 0 Å². The summed E-state index contributed by atoms with van der Waals surface area (Å²) in [5.74, 6) is 1.24. The molecular formula is C17H21NO2S2. The average Bonchev–Trinajstić information content (AvgIpc) is 2.52. The lowest BCUT2D eigenvalue weighted by Gasteiger charge is -2.15. The third-order valence-electron chi connectivity index (χ3n) is 3.30. The zero-order chi connectivity index (χ0) is 15.9. The van der Waals surface area contributed by atoms with Gasteiger partial charge in [0.05, 0.1) is 9.81 Å². The van der Waals surface area contributed by atoms with Crippen LogP contribution in [0.4, 0.5) is 5.69 Å². The number of thioether (sulfide) groups is 2. The van der Waals surface area contributed by atoms with Crippen molar-refractivity contribution in [3.8, 4) is 0 Å². The number of carbonyl (C=O) groups is 1. The number of hydrogen-bond donors (Lipinski definition) is 1. The first kappa shape index (κ1) is 17.0. The lowest BCUT2D eigenvalue weighted by atomic mass is 10.1. The monoisotopic (exact) mass is 335 g/mol. The standard InChI is InChI=1S/C17H21NO2S2/c1-18(2)14-9-7-13(8-10-14)5-3-6-15(16(19)20)17-21-11-4-12-22-17/h3,5,7-10H,4,6,11-12H2,1-2H3,(H,19,20)/b5-3+. The molecule has 1 heterocycles. The zero-order valence-electron chi connectivity index (χ0n) is 12.9. The van der Waals surface area contributed by atoms with Gasteiger partial charge in [0.15, 0.2) is 0 Å². The average molecular weight is 335 g/mol. The van der Waals surface area contributed by atoms with Crippen molar-refractivity contribution >= 4 is 41.3 Å². The first-order valence-corrected chi connectivity index (χ1v) is 9.21. The van der Waals surface area contributed by atoms with Crippen LogP contribution in [0, 0.1) is 0 Å². The highest BCUT2D eigenvalue weighted by molar-refractivity contribution is 8.22. The van der Waals surface area contributed by atoms with Gasteiger partial charge in [0.2, 0.25) is 0 Å². The SMILES string of the molecule is CN(C)c1ccc(/C=C/CC(C(=O)O)=C2SCCCS2)cc1. The van der Waals surface area contributed by atoms with Gasteiger partial charge in [-0.05, 0) is 42.0 Å². The number of nitrogens with zero attached hydrogens (tertiary/aromatic N) is 1. The summed E-state index contributed by atoms with van der Waals surface area (Å²) in [6.45, 7) is 0. The molecule has 0 atom stereocenters. The second-order valence-corrected chi connectivity index (χ2v) is 7.68.